The predicted molar refractivity (Wildman–Crippen MR) is 154 cm³/mol. The van der Waals surface area contributed by atoms with E-state index in [2.05, 4.69) is 30.9 Å². The van der Waals surface area contributed by atoms with Gasteiger partial charge in [-0.05, 0) is 72.2 Å². The number of carbonyl (C=O) groups excluding carboxylic acids is 1. The third-order valence-corrected chi connectivity index (χ3v) is 8.64. The van der Waals surface area contributed by atoms with Crippen molar-refractivity contribution < 1.29 is 18.7 Å². The van der Waals surface area contributed by atoms with E-state index in [-0.39, 0.29) is 17.7 Å². The van der Waals surface area contributed by atoms with E-state index in [1.807, 2.05) is 12.1 Å². The second-order valence-electron chi connectivity index (χ2n) is 8.65. The fourth-order valence-electron chi connectivity index (χ4n) is 4.22. The van der Waals surface area contributed by atoms with E-state index in [1.54, 1.807) is 52.2 Å². The maximum absolute atomic E-state index is 13.8. The molecule has 1 aromatic carbocycles. The highest BCUT2D eigenvalue weighted by Gasteiger charge is 2.33. The molecule has 0 unspecified atom stereocenters. The minimum absolute atomic E-state index is 0.190. The van der Waals surface area contributed by atoms with Crippen LogP contribution in [0.1, 0.15) is 36.9 Å². The highest BCUT2D eigenvalue weighted by Crippen LogP contribution is 2.35. The monoisotopic (exact) mass is 642 g/mol. The molecule has 1 aliphatic rings. The van der Waals surface area contributed by atoms with Crippen molar-refractivity contribution in [2.45, 2.75) is 37.1 Å². The van der Waals surface area contributed by atoms with Gasteiger partial charge in [-0.15, -0.1) is 0 Å². The molecule has 3 aromatic heterocycles. The van der Waals surface area contributed by atoms with Gasteiger partial charge in [0.15, 0.2) is 15.1 Å². The summed E-state index contributed by atoms with van der Waals surface area (Å²) in [5, 5.41) is 0.844. The average molecular weight is 644 g/mol. The lowest BCUT2D eigenvalue weighted by Crippen LogP contribution is -2.39. The van der Waals surface area contributed by atoms with Gasteiger partial charge in [0.2, 0.25) is 0 Å². The number of fused-ring (bicyclic) bond motifs is 1. The molecule has 0 saturated carbocycles. The number of methoxy groups -OCH3 is 1. The standard InChI is InChI=1S/C27H23BrN4O6S2/c1-5-37-24(35)21-14(3)30-27-32(22(21)15-6-8-16(36-4)9-7-15)23(34)19(39-27)12-17-11-18(28)25(38-17)40-26-29-13(2)10-20(33)31-26/h6-12,22H,5H2,1-4H3,(H,29,31,33)/b19-12+/t22-/m1/s1. The van der Waals surface area contributed by atoms with Gasteiger partial charge in [-0.1, -0.05) is 23.5 Å². The van der Waals surface area contributed by atoms with Crippen LogP contribution in [0.2, 0.25) is 0 Å². The Kier molecular flexibility index (Phi) is 7.97. The number of esters is 1. The van der Waals surface area contributed by atoms with Crippen LogP contribution in [-0.2, 0) is 9.53 Å². The molecular formula is C27H23BrN4O6S2. The molecule has 0 aliphatic carbocycles. The number of ether oxygens (including phenoxy) is 2. The fourth-order valence-corrected chi connectivity index (χ4v) is 6.61. The highest BCUT2D eigenvalue weighted by atomic mass is 79.9. The van der Waals surface area contributed by atoms with Gasteiger partial charge in [-0.2, -0.15) is 0 Å². The normalized spacial score (nSPS) is 15.1. The lowest BCUT2D eigenvalue weighted by Gasteiger charge is -2.24. The van der Waals surface area contributed by atoms with Crippen molar-refractivity contribution in [2.75, 3.05) is 13.7 Å². The third kappa shape index (κ3) is 5.49. The van der Waals surface area contributed by atoms with E-state index >= 15 is 0 Å². The zero-order chi connectivity index (χ0) is 28.6. The molecule has 206 valence electrons. The molecule has 13 heteroatoms. The lowest BCUT2D eigenvalue weighted by molar-refractivity contribution is -0.139. The van der Waals surface area contributed by atoms with Crippen LogP contribution in [0.15, 0.2) is 81.4 Å². The SMILES string of the molecule is CCOC(=O)C1=C(C)N=c2s/c(=C/c3cc(Br)c(Sc4nc(C)cc(=O)[nH]4)o3)c(=O)n2[C@@H]1c1ccc(OC)cc1. The minimum atomic E-state index is -0.734. The summed E-state index contributed by atoms with van der Waals surface area (Å²) in [7, 11) is 1.57. The van der Waals surface area contributed by atoms with Gasteiger partial charge >= 0.3 is 5.97 Å². The first-order valence-electron chi connectivity index (χ1n) is 12.1. The first-order chi connectivity index (χ1) is 19.2. The molecule has 4 heterocycles. The van der Waals surface area contributed by atoms with Crippen LogP contribution in [-0.4, -0.2) is 34.2 Å². The van der Waals surface area contributed by atoms with Gasteiger partial charge in [0.1, 0.15) is 11.5 Å². The van der Waals surface area contributed by atoms with E-state index in [4.69, 9.17) is 13.9 Å². The zero-order valence-electron chi connectivity index (χ0n) is 21.8. The van der Waals surface area contributed by atoms with Crippen LogP contribution in [0.3, 0.4) is 0 Å². The van der Waals surface area contributed by atoms with Crippen LogP contribution in [0, 0.1) is 6.92 Å². The van der Waals surface area contributed by atoms with E-state index < -0.39 is 12.0 Å². The maximum atomic E-state index is 13.8. The smallest absolute Gasteiger partial charge is 0.338 e. The molecule has 0 spiro atoms. The lowest BCUT2D eigenvalue weighted by atomic mass is 9.96. The number of benzene rings is 1. The Morgan fingerprint density at radius 3 is 2.67 bits per heavy atom. The van der Waals surface area contributed by atoms with Crippen LogP contribution < -0.4 is 25.2 Å². The Hall–Kier alpha value is -3.68. The molecule has 1 aliphatic heterocycles. The van der Waals surface area contributed by atoms with Gasteiger partial charge in [-0.3, -0.25) is 14.2 Å². The van der Waals surface area contributed by atoms with Crippen LogP contribution in [0.25, 0.3) is 6.08 Å². The van der Waals surface area contributed by atoms with E-state index in [0.29, 0.717) is 58.1 Å². The maximum Gasteiger partial charge on any atom is 0.338 e. The number of hydrogen-bond donors (Lipinski definition) is 1. The summed E-state index contributed by atoms with van der Waals surface area (Å²) in [6.45, 7) is 5.38. The number of aromatic nitrogens is 3. The summed E-state index contributed by atoms with van der Waals surface area (Å²) in [4.78, 5) is 50.7. The van der Waals surface area contributed by atoms with Crippen molar-refractivity contribution in [3.63, 3.8) is 0 Å². The second kappa shape index (κ2) is 11.4. The quantitative estimate of drug-likeness (QED) is 0.239. The molecule has 1 atom stereocenters. The van der Waals surface area contributed by atoms with Crippen LogP contribution in [0.4, 0.5) is 0 Å². The Labute approximate surface area is 244 Å². The Morgan fingerprint density at radius 1 is 1.25 bits per heavy atom. The van der Waals surface area contributed by atoms with Crippen molar-refractivity contribution in [3.8, 4) is 5.75 Å². The number of H-pyrrole nitrogens is 1. The number of carbonyl (C=O) groups is 1. The Balaban J connectivity index is 1.59. The molecule has 0 radical (unpaired) electrons. The van der Waals surface area contributed by atoms with E-state index in [1.165, 1.54) is 22.0 Å². The van der Waals surface area contributed by atoms with E-state index in [0.717, 1.165) is 11.8 Å². The molecule has 1 N–H and O–H groups in total. The van der Waals surface area contributed by atoms with Crippen LogP contribution >= 0.6 is 39.0 Å². The average Bonchev–Trinajstić information content (AvgIpc) is 3.40. The first-order valence-corrected chi connectivity index (χ1v) is 14.5. The van der Waals surface area contributed by atoms with Crippen LogP contribution in [0.5, 0.6) is 5.75 Å². The van der Waals surface area contributed by atoms with Crippen molar-refractivity contribution in [1.29, 1.82) is 0 Å². The van der Waals surface area contributed by atoms with Crippen molar-refractivity contribution in [2.24, 2.45) is 4.99 Å². The fraction of sp³-hybridized carbons (Fsp3) is 0.222. The molecule has 10 nitrogen and oxygen atoms in total. The van der Waals surface area contributed by atoms with Crippen molar-refractivity contribution >= 4 is 51.1 Å². The topological polar surface area (TPSA) is 129 Å². The summed E-state index contributed by atoms with van der Waals surface area (Å²) in [5.41, 5.74) is 1.48. The molecule has 5 rings (SSSR count). The zero-order valence-corrected chi connectivity index (χ0v) is 25.0. The number of hydrogen-bond acceptors (Lipinski definition) is 10. The number of halogens is 1. The molecule has 4 aromatic rings. The molecular weight excluding hydrogens is 620 g/mol. The summed E-state index contributed by atoms with van der Waals surface area (Å²) in [6.07, 6.45) is 1.62. The van der Waals surface area contributed by atoms with Gasteiger partial charge in [0, 0.05) is 17.8 Å². The van der Waals surface area contributed by atoms with Crippen molar-refractivity contribution in [3.05, 3.63) is 99.2 Å². The number of aryl methyl sites for hydroxylation is 1. The Bertz CT molecular complexity index is 1890. The van der Waals surface area contributed by atoms with Gasteiger partial charge < -0.3 is 18.9 Å². The van der Waals surface area contributed by atoms with Gasteiger partial charge in [0.25, 0.3) is 11.1 Å². The number of thiazole rings is 1. The molecule has 0 amide bonds. The highest BCUT2D eigenvalue weighted by molar-refractivity contribution is 9.10. The molecule has 0 saturated heterocycles. The molecule has 40 heavy (non-hydrogen) atoms. The summed E-state index contributed by atoms with van der Waals surface area (Å²) in [5.74, 6) is 0.534. The Morgan fingerprint density at radius 2 is 2.00 bits per heavy atom. The van der Waals surface area contributed by atoms with Crippen molar-refractivity contribution in [1.82, 2.24) is 14.5 Å². The minimum Gasteiger partial charge on any atom is -0.497 e. The second-order valence-corrected chi connectivity index (χ2v) is 11.5. The third-order valence-electron chi connectivity index (χ3n) is 5.93. The molecule has 0 bridgehead atoms. The number of rotatable bonds is 7. The number of aromatic amines is 1. The number of nitrogens with one attached hydrogen (secondary N) is 1. The summed E-state index contributed by atoms with van der Waals surface area (Å²) >= 11 is 5.82. The summed E-state index contributed by atoms with van der Waals surface area (Å²) < 4.78 is 19.1. The van der Waals surface area contributed by atoms with Gasteiger partial charge in [-0.25, -0.2) is 14.8 Å². The number of nitrogens with zero attached hydrogens (tertiary/aromatic N) is 3. The number of allylic oxidation sites excluding steroid dienone is 1. The number of furan rings is 1. The largest absolute Gasteiger partial charge is 0.497 e. The van der Waals surface area contributed by atoms with Gasteiger partial charge in [0.05, 0.1) is 40.0 Å². The molecule has 0 fully saturated rings. The summed E-state index contributed by atoms with van der Waals surface area (Å²) in [6, 6.07) is 9.58. The first kappa shape index (κ1) is 27.9. The van der Waals surface area contributed by atoms with E-state index in [9.17, 15) is 14.4 Å². The predicted octanol–water partition coefficient (Wildman–Crippen LogP) is 3.71.